The molecule has 12 heavy (non-hydrogen) atoms. The monoisotopic (exact) mass is 300 g/mol. The highest BCUT2D eigenvalue weighted by molar-refractivity contribution is 14.1. The van der Waals surface area contributed by atoms with Gasteiger partial charge in [0.2, 0.25) is 0 Å². The summed E-state index contributed by atoms with van der Waals surface area (Å²) in [6.45, 7) is 1.00. The van der Waals surface area contributed by atoms with Crippen LogP contribution in [-0.2, 0) is 9.53 Å². The van der Waals surface area contributed by atoms with Crippen LogP contribution in [0.25, 0.3) is 0 Å². The van der Waals surface area contributed by atoms with Crippen molar-refractivity contribution in [3.05, 3.63) is 0 Å². The highest BCUT2D eigenvalue weighted by atomic mass is 127. The van der Waals surface area contributed by atoms with Gasteiger partial charge in [0.1, 0.15) is 0 Å². The quantitative estimate of drug-likeness (QED) is 0.338. The van der Waals surface area contributed by atoms with Crippen LogP contribution in [0.15, 0.2) is 0 Å². The number of halogens is 5. The molecule has 0 radical (unpaired) electrons. The van der Waals surface area contributed by atoms with Crippen LogP contribution in [0.3, 0.4) is 0 Å². The van der Waals surface area contributed by atoms with Crippen molar-refractivity contribution in [1.82, 2.24) is 0 Å². The van der Waals surface area contributed by atoms with Crippen molar-refractivity contribution in [1.29, 1.82) is 0 Å². The summed E-state index contributed by atoms with van der Waals surface area (Å²) in [5, 5.41) is 0. The third-order valence-electron chi connectivity index (χ3n) is 0.888. The number of alkyl halides is 5. The lowest BCUT2D eigenvalue weighted by atomic mass is 10.4. The van der Waals surface area contributed by atoms with Crippen LogP contribution in [0, 0.1) is 0 Å². The van der Waals surface area contributed by atoms with Gasteiger partial charge >= 0.3 is 15.8 Å². The minimum Gasteiger partial charge on any atom is -0.463 e. The molecule has 0 aliphatic heterocycles. The molecule has 1 unspecified atom stereocenters. The van der Waals surface area contributed by atoms with Crippen LogP contribution in [0.2, 0.25) is 0 Å². The number of carbonyl (C=O) groups excluding carboxylic acids is 1. The molecule has 0 bridgehead atoms. The van der Waals surface area contributed by atoms with E-state index in [0.717, 1.165) is 0 Å². The maximum atomic E-state index is 12.6. The summed E-state index contributed by atoms with van der Waals surface area (Å²) in [5.41, 5.74) is 0. The van der Waals surface area contributed by atoms with Crippen LogP contribution < -0.4 is 0 Å². The molecule has 2 nitrogen and oxygen atoms in total. The Morgan fingerprint density at radius 2 is 1.83 bits per heavy atom. The van der Waals surface area contributed by atoms with Crippen molar-refractivity contribution >= 4 is 28.6 Å². The molecule has 0 heterocycles. The van der Waals surface area contributed by atoms with E-state index in [1.165, 1.54) is 6.92 Å². The lowest BCUT2D eigenvalue weighted by Gasteiger charge is -2.19. The lowest BCUT2D eigenvalue weighted by molar-refractivity contribution is -0.206. The van der Waals surface area contributed by atoms with Gasteiger partial charge < -0.3 is 4.74 Å². The van der Waals surface area contributed by atoms with Crippen molar-refractivity contribution in [3.63, 3.8) is 0 Å². The van der Waals surface area contributed by atoms with E-state index in [-0.39, 0.29) is 6.61 Å². The molecule has 0 aromatic heterocycles. The first-order chi connectivity index (χ1) is 5.23. The fourth-order valence-corrected chi connectivity index (χ4v) is 0.493. The van der Waals surface area contributed by atoms with Gasteiger partial charge in [-0.15, -0.1) is 0 Å². The second kappa shape index (κ2) is 3.75. The molecule has 0 saturated carbocycles. The molecule has 0 aliphatic rings. The fraction of sp³-hybridized carbons (Fsp3) is 0.800. The second-order valence-corrected chi connectivity index (χ2v) is 3.28. The zero-order chi connectivity index (χ0) is 9.99. The minimum absolute atomic E-state index is 0.288. The van der Waals surface area contributed by atoms with E-state index < -0.39 is 15.8 Å². The van der Waals surface area contributed by atoms with E-state index in [0.29, 0.717) is 22.6 Å². The summed E-state index contributed by atoms with van der Waals surface area (Å²) in [6, 6.07) is 0. The molecule has 0 spiro atoms. The van der Waals surface area contributed by atoms with E-state index in [1.807, 2.05) is 0 Å². The van der Waals surface area contributed by atoms with Crippen LogP contribution in [0.5, 0.6) is 0 Å². The largest absolute Gasteiger partial charge is 0.463 e. The molecule has 0 saturated heterocycles. The van der Waals surface area contributed by atoms with Gasteiger partial charge in [0.05, 0.1) is 6.61 Å². The van der Waals surface area contributed by atoms with Gasteiger partial charge in [-0.05, 0) is 29.5 Å². The Kier molecular flexibility index (Phi) is 3.73. The summed E-state index contributed by atoms with van der Waals surface area (Å²) >= 11 is 0.366. The number of hydrogen-bond donors (Lipinski definition) is 0. The summed E-state index contributed by atoms with van der Waals surface area (Å²) in [5.74, 6) is -1.92. The van der Waals surface area contributed by atoms with Gasteiger partial charge in [0, 0.05) is 0 Å². The topological polar surface area (TPSA) is 26.3 Å². The van der Waals surface area contributed by atoms with Crippen LogP contribution in [0.4, 0.5) is 17.6 Å². The molecule has 1 atom stereocenters. The van der Waals surface area contributed by atoms with Gasteiger partial charge in [0.15, 0.2) is 0 Å². The standard InChI is InChI=1S/C5H5F4IO2/c1-2-12-3(11)4(6,10)5(7,8)9/h2H2,1H3. The van der Waals surface area contributed by atoms with E-state index in [1.54, 1.807) is 0 Å². The van der Waals surface area contributed by atoms with Crippen LogP contribution >= 0.6 is 22.6 Å². The normalized spacial score (nSPS) is 16.8. The highest BCUT2D eigenvalue weighted by Gasteiger charge is 2.61. The summed E-state index contributed by atoms with van der Waals surface area (Å²) < 4.78 is 47.7. The van der Waals surface area contributed by atoms with E-state index in [9.17, 15) is 22.4 Å². The Morgan fingerprint density at radius 1 is 1.42 bits per heavy atom. The molecular weight excluding hydrogens is 295 g/mol. The molecule has 0 rings (SSSR count). The molecule has 7 heteroatoms. The van der Waals surface area contributed by atoms with Gasteiger partial charge in [-0.2, -0.15) is 13.2 Å². The Morgan fingerprint density at radius 3 is 2.08 bits per heavy atom. The molecule has 0 aromatic rings. The van der Waals surface area contributed by atoms with Gasteiger partial charge in [-0.3, -0.25) is 0 Å². The van der Waals surface area contributed by atoms with Crippen molar-refractivity contribution in [3.8, 4) is 0 Å². The Bertz CT molecular complexity index is 177. The number of rotatable bonds is 2. The predicted octanol–water partition coefficient (Wildman–Crippen LogP) is 2.21. The van der Waals surface area contributed by atoms with Crippen molar-refractivity contribution in [2.45, 2.75) is 16.8 Å². The maximum Gasteiger partial charge on any atom is 0.443 e. The molecule has 0 aliphatic carbocycles. The summed E-state index contributed by atoms with van der Waals surface area (Å²) in [4.78, 5) is 10.4. The lowest BCUT2D eigenvalue weighted by Crippen LogP contribution is -2.43. The zero-order valence-electron chi connectivity index (χ0n) is 5.91. The molecular formula is C5H5F4IO2. The minimum atomic E-state index is -5.24. The van der Waals surface area contributed by atoms with Crippen molar-refractivity contribution in [2.75, 3.05) is 6.61 Å². The first-order valence-electron chi connectivity index (χ1n) is 2.85. The molecule has 0 fully saturated rings. The molecule has 0 N–H and O–H groups in total. The smallest absolute Gasteiger partial charge is 0.443 e. The third-order valence-corrected chi connectivity index (χ3v) is 1.94. The SMILES string of the molecule is CCOC(=O)C(F)(I)C(F)(F)F. The molecule has 0 aromatic carbocycles. The summed E-state index contributed by atoms with van der Waals surface area (Å²) in [6.07, 6.45) is -5.24. The highest BCUT2D eigenvalue weighted by Crippen LogP contribution is 2.40. The second-order valence-electron chi connectivity index (χ2n) is 1.79. The van der Waals surface area contributed by atoms with Gasteiger partial charge in [0.25, 0.3) is 0 Å². The molecule has 72 valence electrons. The molecule has 0 amide bonds. The average Bonchev–Trinajstić information content (AvgIpc) is 1.85. The Hall–Kier alpha value is -0.0800. The van der Waals surface area contributed by atoms with E-state index in [2.05, 4.69) is 4.74 Å². The van der Waals surface area contributed by atoms with Gasteiger partial charge in [-0.25, -0.2) is 9.18 Å². The predicted molar refractivity (Wildman–Crippen MR) is 40.5 cm³/mol. The third kappa shape index (κ3) is 2.46. The van der Waals surface area contributed by atoms with E-state index in [4.69, 9.17) is 0 Å². The first kappa shape index (κ1) is 11.9. The maximum absolute atomic E-state index is 12.6. The average molecular weight is 300 g/mol. The number of hydrogen-bond acceptors (Lipinski definition) is 2. The van der Waals surface area contributed by atoms with Gasteiger partial charge in [-0.1, -0.05) is 0 Å². The number of esters is 1. The van der Waals surface area contributed by atoms with Crippen LogP contribution in [0.1, 0.15) is 6.92 Å². The number of carbonyl (C=O) groups is 1. The number of ether oxygens (including phenoxy) is 1. The van der Waals surface area contributed by atoms with Crippen molar-refractivity contribution in [2.24, 2.45) is 0 Å². The summed E-state index contributed by atoms with van der Waals surface area (Å²) in [7, 11) is 0. The zero-order valence-corrected chi connectivity index (χ0v) is 8.07. The van der Waals surface area contributed by atoms with Crippen LogP contribution in [-0.4, -0.2) is 22.4 Å². The Balaban J connectivity index is 4.50. The van der Waals surface area contributed by atoms with E-state index >= 15 is 0 Å². The Labute approximate surface area is 79.4 Å². The fourth-order valence-electron chi connectivity index (χ4n) is 0.337. The van der Waals surface area contributed by atoms with Crippen molar-refractivity contribution < 1.29 is 27.1 Å². The first-order valence-corrected chi connectivity index (χ1v) is 3.93.